The van der Waals surface area contributed by atoms with Gasteiger partial charge in [0.1, 0.15) is 10.8 Å². The van der Waals surface area contributed by atoms with E-state index < -0.39 is 11.4 Å². The van der Waals surface area contributed by atoms with Crippen molar-refractivity contribution in [1.82, 2.24) is 4.31 Å². The van der Waals surface area contributed by atoms with E-state index in [0.717, 1.165) is 5.56 Å². The number of carbonyl (C=O) groups excluding carboxylic acids is 1. The Kier molecular flexibility index (Phi) is 5.14. The lowest BCUT2D eigenvalue weighted by molar-refractivity contribution is -0.138. The molecular weight excluding hydrogens is 306 g/mol. The summed E-state index contributed by atoms with van der Waals surface area (Å²) in [6.07, 6.45) is 1.84. The van der Waals surface area contributed by atoms with Crippen molar-refractivity contribution in [2.75, 3.05) is 13.2 Å². The quantitative estimate of drug-likeness (QED) is 0.630. The van der Waals surface area contributed by atoms with Gasteiger partial charge in [-0.3, -0.25) is 0 Å². The monoisotopic (exact) mass is 327 g/mol. The van der Waals surface area contributed by atoms with Gasteiger partial charge in [0, 0.05) is 11.4 Å². The summed E-state index contributed by atoms with van der Waals surface area (Å²) < 4.78 is 19.4. The van der Waals surface area contributed by atoms with Crippen LogP contribution in [-0.2, 0) is 20.9 Å². The van der Waals surface area contributed by atoms with E-state index in [2.05, 4.69) is 0 Å². The third-order valence-corrected chi connectivity index (χ3v) is 5.72. The fourth-order valence-electron chi connectivity index (χ4n) is 2.26. The average molecular weight is 327 g/mol. The molecule has 0 aliphatic carbocycles. The van der Waals surface area contributed by atoms with Crippen LogP contribution in [0.25, 0.3) is 0 Å². The number of ether oxygens (including phenoxy) is 1. The molecule has 1 aromatic heterocycles. The third-order valence-electron chi connectivity index (χ3n) is 3.18. The van der Waals surface area contributed by atoms with Crippen LogP contribution in [0.1, 0.15) is 39.3 Å². The number of thiophene rings is 1. The molecule has 2 rings (SSSR count). The fraction of sp³-hybridized carbons (Fsp3) is 0.533. The van der Waals surface area contributed by atoms with E-state index in [9.17, 15) is 9.35 Å². The number of esters is 1. The molecule has 0 amide bonds. The van der Waals surface area contributed by atoms with E-state index >= 15 is 0 Å². The minimum Gasteiger partial charge on any atom is -0.597 e. The lowest BCUT2D eigenvalue weighted by atomic mass is 10.0. The standard InChI is InChI=1S/C15H21NO3S2/c1-5-19-14(17)12-6-8-16(21(18)15(2,3)4)13(12)11-7-9-20-10-11/h6-7,9-10,13H,5,8H2,1-4H3/t13-,21-/m0/s1. The Hall–Kier alpha value is -0.820. The van der Waals surface area contributed by atoms with Gasteiger partial charge in [0.2, 0.25) is 0 Å². The second-order valence-corrected chi connectivity index (χ2v) is 8.77. The number of carbonyl (C=O) groups is 1. The minimum atomic E-state index is -1.19. The van der Waals surface area contributed by atoms with Gasteiger partial charge in [0.05, 0.1) is 18.7 Å². The first-order valence-corrected chi connectivity index (χ1v) is 8.99. The SMILES string of the molecule is CCOC(=O)C1=CCN([S@@+]([O-])C(C)(C)C)[C@H]1c1ccsc1. The first kappa shape index (κ1) is 16.5. The predicted molar refractivity (Wildman–Crippen MR) is 86.4 cm³/mol. The highest BCUT2D eigenvalue weighted by atomic mass is 32.2. The van der Waals surface area contributed by atoms with Crippen LogP contribution >= 0.6 is 11.3 Å². The Bertz CT molecular complexity index is 520. The second-order valence-electron chi connectivity index (χ2n) is 5.80. The van der Waals surface area contributed by atoms with Gasteiger partial charge in [-0.15, -0.1) is 4.31 Å². The van der Waals surface area contributed by atoms with Gasteiger partial charge < -0.3 is 9.29 Å². The smallest absolute Gasteiger partial charge is 0.335 e. The van der Waals surface area contributed by atoms with Gasteiger partial charge in [-0.1, -0.05) is 6.08 Å². The summed E-state index contributed by atoms with van der Waals surface area (Å²) in [7, 11) is 0. The molecule has 0 spiro atoms. The molecule has 0 aromatic carbocycles. The molecule has 0 fully saturated rings. The van der Waals surface area contributed by atoms with Crippen molar-refractivity contribution in [3.05, 3.63) is 34.0 Å². The minimum absolute atomic E-state index is 0.282. The molecule has 0 N–H and O–H groups in total. The van der Waals surface area contributed by atoms with Crippen LogP contribution in [0.2, 0.25) is 0 Å². The van der Waals surface area contributed by atoms with Crippen LogP contribution in [0.3, 0.4) is 0 Å². The molecule has 2 heterocycles. The summed E-state index contributed by atoms with van der Waals surface area (Å²) in [6, 6.07) is 1.69. The van der Waals surface area contributed by atoms with Crippen LogP contribution in [0, 0.1) is 0 Å². The lowest BCUT2D eigenvalue weighted by Crippen LogP contribution is -2.43. The molecule has 1 aromatic rings. The zero-order valence-corrected chi connectivity index (χ0v) is 14.4. The Morgan fingerprint density at radius 1 is 1.57 bits per heavy atom. The van der Waals surface area contributed by atoms with Gasteiger partial charge in [-0.25, -0.2) is 4.79 Å². The highest BCUT2D eigenvalue weighted by molar-refractivity contribution is 7.90. The first-order chi connectivity index (χ1) is 9.86. The van der Waals surface area contributed by atoms with Gasteiger partial charge >= 0.3 is 5.97 Å². The van der Waals surface area contributed by atoms with Gasteiger partial charge in [-0.2, -0.15) is 11.3 Å². The summed E-state index contributed by atoms with van der Waals surface area (Å²) in [6.45, 7) is 8.45. The van der Waals surface area contributed by atoms with Gasteiger partial charge in [-0.05, 0) is 50.1 Å². The fourth-order valence-corrected chi connectivity index (χ4v) is 4.28. The highest BCUT2D eigenvalue weighted by Crippen LogP contribution is 2.39. The van der Waals surface area contributed by atoms with Crippen molar-refractivity contribution < 1.29 is 14.1 Å². The molecule has 21 heavy (non-hydrogen) atoms. The van der Waals surface area contributed by atoms with Crippen LogP contribution < -0.4 is 0 Å². The Balaban J connectivity index is 2.31. The van der Waals surface area contributed by atoms with Crippen LogP contribution in [0.4, 0.5) is 0 Å². The van der Waals surface area contributed by atoms with E-state index in [1.165, 1.54) is 0 Å². The second kappa shape index (κ2) is 6.52. The van der Waals surface area contributed by atoms with E-state index in [4.69, 9.17) is 4.74 Å². The maximum Gasteiger partial charge on any atom is 0.335 e. The largest absolute Gasteiger partial charge is 0.597 e. The van der Waals surface area contributed by atoms with E-state index in [-0.39, 0.29) is 16.8 Å². The summed E-state index contributed by atoms with van der Waals surface area (Å²) in [5.74, 6) is -0.317. The van der Waals surface area contributed by atoms with E-state index in [0.29, 0.717) is 18.7 Å². The molecule has 1 aliphatic rings. The Morgan fingerprint density at radius 2 is 2.29 bits per heavy atom. The summed E-state index contributed by atoms with van der Waals surface area (Å²) in [4.78, 5) is 12.2. The maximum atomic E-state index is 12.8. The van der Waals surface area contributed by atoms with Crippen molar-refractivity contribution in [3.63, 3.8) is 0 Å². The first-order valence-electron chi connectivity index (χ1n) is 6.94. The molecule has 0 saturated heterocycles. The molecule has 0 radical (unpaired) electrons. The molecule has 0 bridgehead atoms. The van der Waals surface area contributed by atoms with Crippen LogP contribution in [0.15, 0.2) is 28.5 Å². The van der Waals surface area contributed by atoms with Crippen LogP contribution in [0.5, 0.6) is 0 Å². The topological polar surface area (TPSA) is 52.6 Å². The predicted octanol–water partition coefficient (Wildman–Crippen LogP) is 3.06. The summed E-state index contributed by atoms with van der Waals surface area (Å²) >= 11 is 0.379. The molecule has 0 unspecified atom stereocenters. The Labute approximate surface area is 133 Å². The number of rotatable bonds is 4. The Morgan fingerprint density at radius 3 is 2.81 bits per heavy atom. The normalized spacial score (nSPS) is 21.2. The zero-order valence-electron chi connectivity index (χ0n) is 12.8. The molecule has 4 nitrogen and oxygen atoms in total. The van der Waals surface area contributed by atoms with Crippen molar-refractivity contribution in [3.8, 4) is 0 Å². The summed E-state index contributed by atoms with van der Waals surface area (Å²) in [5, 5.41) is 3.96. The summed E-state index contributed by atoms with van der Waals surface area (Å²) in [5.41, 5.74) is 1.59. The molecule has 6 heteroatoms. The molecule has 116 valence electrons. The third kappa shape index (κ3) is 3.51. The van der Waals surface area contributed by atoms with E-state index in [1.807, 2.05) is 48.0 Å². The van der Waals surface area contributed by atoms with Crippen molar-refractivity contribution in [2.24, 2.45) is 0 Å². The zero-order chi connectivity index (χ0) is 15.6. The highest BCUT2D eigenvalue weighted by Gasteiger charge is 2.44. The average Bonchev–Trinajstić information content (AvgIpc) is 3.05. The molecular formula is C15H21NO3S2. The number of hydrogen-bond donors (Lipinski definition) is 0. The molecule has 2 atom stereocenters. The molecule has 1 aliphatic heterocycles. The van der Waals surface area contributed by atoms with Gasteiger partial charge in [0.25, 0.3) is 0 Å². The van der Waals surface area contributed by atoms with E-state index in [1.54, 1.807) is 18.3 Å². The van der Waals surface area contributed by atoms with Gasteiger partial charge in [0.15, 0.2) is 0 Å². The molecule has 0 saturated carbocycles. The number of nitrogens with zero attached hydrogens (tertiary/aromatic N) is 1. The lowest BCUT2D eigenvalue weighted by Gasteiger charge is -2.34. The van der Waals surface area contributed by atoms with Crippen LogP contribution in [-0.4, -0.2) is 32.7 Å². The van der Waals surface area contributed by atoms with Crippen molar-refractivity contribution in [1.29, 1.82) is 0 Å². The van der Waals surface area contributed by atoms with Crippen molar-refractivity contribution in [2.45, 2.75) is 38.5 Å². The van der Waals surface area contributed by atoms with Crippen molar-refractivity contribution >= 4 is 28.7 Å². The maximum absolute atomic E-state index is 12.8. The number of hydrogen-bond acceptors (Lipinski definition) is 5.